The normalized spacial score (nSPS) is 10.4. The summed E-state index contributed by atoms with van der Waals surface area (Å²) < 4.78 is 5.62. The second-order valence-electron chi connectivity index (χ2n) is 3.10. The summed E-state index contributed by atoms with van der Waals surface area (Å²) in [7, 11) is 0. The number of hydrogen-bond acceptors (Lipinski definition) is 1. The molecule has 2 aromatic rings. The van der Waals surface area contributed by atoms with E-state index in [1.807, 2.05) is 43.3 Å². The first-order valence-electron chi connectivity index (χ1n) is 4.65. The Morgan fingerprint density at radius 3 is 2.50 bits per heavy atom. The summed E-state index contributed by atoms with van der Waals surface area (Å²) in [6, 6.07) is 11.8. The van der Waals surface area contributed by atoms with Crippen LogP contribution in [0.5, 0.6) is 0 Å². The third-order valence-electron chi connectivity index (χ3n) is 2.14. The van der Waals surface area contributed by atoms with Crippen LogP contribution in [0.3, 0.4) is 0 Å². The predicted molar refractivity (Wildman–Crippen MR) is 58.5 cm³/mol. The zero-order valence-electron chi connectivity index (χ0n) is 7.96. The van der Waals surface area contributed by atoms with E-state index in [2.05, 4.69) is 0 Å². The fourth-order valence-corrected chi connectivity index (χ4v) is 1.66. The number of aryl methyl sites for hydroxylation is 1. The average molecular weight is 207 g/mol. The van der Waals surface area contributed by atoms with Crippen LogP contribution in [-0.2, 0) is 6.42 Å². The third kappa shape index (κ3) is 1.68. The Balaban J connectivity index is 2.43. The molecule has 0 aliphatic carbocycles. The molecule has 14 heavy (non-hydrogen) atoms. The van der Waals surface area contributed by atoms with Crippen LogP contribution in [0.1, 0.15) is 12.7 Å². The Labute approximate surface area is 88.3 Å². The standard InChI is InChI=1S/C12H11ClO/c1-2-11-10(13)8-12(14-11)9-6-4-3-5-7-9/h3-8H,2H2,1H3. The molecular formula is C12H11ClO. The van der Waals surface area contributed by atoms with Crippen molar-refractivity contribution in [2.45, 2.75) is 13.3 Å². The largest absolute Gasteiger partial charge is 0.459 e. The van der Waals surface area contributed by atoms with Crippen LogP contribution in [0.15, 0.2) is 40.8 Å². The van der Waals surface area contributed by atoms with Crippen LogP contribution in [0.4, 0.5) is 0 Å². The summed E-state index contributed by atoms with van der Waals surface area (Å²) in [5.74, 6) is 1.69. The summed E-state index contributed by atoms with van der Waals surface area (Å²) in [6.07, 6.45) is 0.825. The van der Waals surface area contributed by atoms with Gasteiger partial charge in [0.15, 0.2) is 0 Å². The van der Waals surface area contributed by atoms with Gasteiger partial charge < -0.3 is 4.42 Å². The van der Waals surface area contributed by atoms with Gasteiger partial charge in [-0.25, -0.2) is 0 Å². The minimum Gasteiger partial charge on any atom is -0.459 e. The zero-order chi connectivity index (χ0) is 9.97. The van der Waals surface area contributed by atoms with E-state index < -0.39 is 0 Å². The number of benzene rings is 1. The molecule has 0 N–H and O–H groups in total. The van der Waals surface area contributed by atoms with Crippen LogP contribution in [0.25, 0.3) is 11.3 Å². The van der Waals surface area contributed by atoms with Gasteiger partial charge in [-0.2, -0.15) is 0 Å². The topological polar surface area (TPSA) is 13.1 Å². The molecule has 1 aromatic carbocycles. The fourth-order valence-electron chi connectivity index (χ4n) is 1.39. The van der Waals surface area contributed by atoms with Gasteiger partial charge in [-0.05, 0) is 0 Å². The van der Waals surface area contributed by atoms with E-state index in [0.29, 0.717) is 5.02 Å². The molecule has 0 radical (unpaired) electrons. The lowest BCUT2D eigenvalue weighted by Gasteiger charge is -1.94. The third-order valence-corrected chi connectivity index (χ3v) is 2.46. The van der Waals surface area contributed by atoms with Crippen molar-refractivity contribution in [3.05, 3.63) is 47.2 Å². The van der Waals surface area contributed by atoms with Crippen molar-refractivity contribution < 1.29 is 4.42 Å². The molecule has 72 valence electrons. The molecule has 0 spiro atoms. The second-order valence-corrected chi connectivity index (χ2v) is 3.51. The molecule has 0 amide bonds. The highest BCUT2D eigenvalue weighted by molar-refractivity contribution is 6.31. The SMILES string of the molecule is CCc1oc(-c2ccccc2)cc1Cl. The van der Waals surface area contributed by atoms with Crippen molar-refractivity contribution >= 4 is 11.6 Å². The summed E-state index contributed by atoms with van der Waals surface area (Å²) in [5.41, 5.74) is 1.06. The van der Waals surface area contributed by atoms with Crippen molar-refractivity contribution in [3.8, 4) is 11.3 Å². The Morgan fingerprint density at radius 2 is 1.93 bits per heavy atom. The van der Waals surface area contributed by atoms with Gasteiger partial charge in [0.25, 0.3) is 0 Å². The van der Waals surface area contributed by atoms with Gasteiger partial charge >= 0.3 is 0 Å². The molecule has 2 heteroatoms. The smallest absolute Gasteiger partial charge is 0.135 e. The quantitative estimate of drug-likeness (QED) is 0.719. The number of furan rings is 1. The molecule has 0 atom stereocenters. The molecule has 0 saturated carbocycles. The van der Waals surface area contributed by atoms with E-state index >= 15 is 0 Å². The maximum atomic E-state index is 6.00. The van der Waals surface area contributed by atoms with Gasteiger partial charge in [0.2, 0.25) is 0 Å². The lowest BCUT2D eigenvalue weighted by molar-refractivity contribution is 0.529. The van der Waals surface area contributed by atoms with Gasteiger partial charge in [-0.3, -0.25) is 0 Å². The number of rotatable bonds is 2. The van der Waals surface area contributed by atoms with Crippen molar-refractivity contribution in [2.24, 2.45) is 0 Å². The van der Waals surface area contributed by atoms with Crippen molar-refractivity contribution in [1.29, 1.82) is 0 Å². The molecule has 0 fully saturated rings. The van der Waals surface area contributed by atoms with Gasteiger partial charge in [-0.1, -0.05) is 48.9 Å². The molecule has 0 bridgehead atoms. The van der Waals surface area contributed by atoms with Crippen molar-refractivity contribution in [2.75, 3.05) is 0 Å². The van der Waals surface area contributed by atoms with Crippen LogP contribution in [0.2, 0.25) is 5.02 Å². The highest BCUT2D eigenvalue weighted by Gasteiger charge is 2.08. The monoisotopic (exact) mass is 206 g/mol. The van der Waals surface area contributed by atoms with E-state index in [0.717, 1.165) is 23.5 Å². The Morgan fingerprint density at radius 1 is 1.21 bits per heavy atom. The first kappa shape index (κ1) is 9.35. The predicted octanol–water partition coefficient (Wildman–Crippen LogP) is 4.16. The molecule has 0 aliphatic rings. The van der Waals surface area contributed by atoms with E-state index in [-0.39, 0.29) is 0 Å². The minimum atomic E-state index is 0.714. The Bertz CT molecular complexity index is 417. The minimum absolute atomic E-state index is 0.714. The molecular weight excluding hydrogens is 196 g/mol. The maximum absolute atomic E-state index is 6.00. The highest BCUT2D eigenvalue weighted by atomic mass is 35.5. The lowest BCUT2D eigenvalue weighted by atomic mass is 10.2. The van der Waals surface area contributed by atoms with Gasteiger partial charge in [0.05, 0.1) is 5.02 Å². The maximum Gasteiger partial charge on any atom is 0.135 e. The molecule has 1 aromatic heterocycles. The van der Waals surface area contributed by atoms with E-state index in [1.54, 1.807) is 0 Å². The summed E-state index contributed by atoms with van der Waals surface area (Å²) in [5, 5.41) is 0.714. The number of hydrogen-bond donors (Lipinski definition) is 0. The summed E-state index contributed by atoms with van der Waals surface area (Å²) >= 11 is 6.00. The Hall–Kier alpha value is -1.21. The molecule has 0 unspecified atom stereocenters. The van der Waals surface area contributed by atoms with Crippen molar-refractivity contribution in [3.63, 3.8) is 0 Å². The average Bonchev–Trinajstić information content (AvgIpc) is 2.61. The van der Waals surface area contributed by atoms with Crippen LogP contribution < -0.4 is 0 Å². The summed E-state index contributed by atoms with van der Waals surface area (Å²) in [4.78, 5) is 0. The summed E-state index contributed by atoms with van der Waals surface area (Å²) in [6.45, 7) is 2.03. The molecule has 1 heterocycles. The Kier molecular flexibility index (Phi) is 2.60. The number of halogens is 1. The fraction of sp³-hybridized carbons (Fsp3) is 0.167. The lowest BCUT2D eigenvalue weighted by Crippen LogP contribution is -1.73. The van der Waals surface area contributed by atoms with Gasteiger partial charge in [-0.15, -0.1) is 0 Å². The van der Waals surface area contributed by atoms with Crippen LogP contribution in [-0.4, -0.2) is 0 Å². The molecule has 1 nitrogen and oxygen atoms in total. The zero-order valence-corrected chi connectivity index (χ0v) is 8.71. The first-order valence-corrected chi connectivity index (χ1v) is 5.02. The van der Waals surface area contributed by atoms with E-state index in [1.165, 1.54) is 0 Å². The van der Waals surface area contributed by atoms with Gasteiger partial charge in [0, 0.05) is 18.1 Å². The first-order chi connectivity index (χ1) is 6.81. The highest BCUT2D eigenvalue weighted by Crippen LogP contribution is 2.28. The van der Waals surface area contributed by atoms with Crippen molar-refractivity contribution in [1.82, 2.24) is 0 Å². The van der Waals surface area contributed by atoms with E-state index in [9.17, 15) is 0 Å². The van der Waals surface area contributed by atoms with Crippen LogP contribution >= 0.6 is 11.6 Å². The molecule has 0 aliphatic heterocycles. The molecule has 2 rings (SSSR count). The van der Waals surface area contributed by atoms with Gasteiger partial charge in [0.1, 0.15) is 11.5 Å². The van der Waals surface area contributed by atoms with Crippen LogP contribution in [0, 0.1) is 0 Å². The molecule has 0 saturated heterocycles. The second kappa shape index (κ2) is 3.89. The van der Waals surface area contributed by atoms with E-state index in [4.69, 9.17) is 16.0 Å².